The molecular weight excluding hydrogens is 310 g/mol. The Morgan fingerprint density at radius 1 is 1.43 bits per heavy atom. The van der Waals surface area contributed by atoms with Crippen LogP contribution in [0.15, 0.2) is 24.3 Å². The molecule has 0 radical (unpaired) electrons. The highest BCUT2D eigenvalue weighted by Gasteiger charge is 2.48. The molecular formula is C14H17NO4S2. The lowest BCUT2D eigenvalue weighted by Gasteiger charge is -2.33. The number of phenolic OH excluding ortho intramolecular Hbond substituents is 1. The van der Waals surface area contributed by atoms with Crippen molar-refractivity contribution in [3.63, 3.8) is 0 Å². The number of hydrogen-bond donors (Lipinski definition) is 1. The van der Waals surface area contributed by atoms with E-state index < -0.39 is 4.87 Å². The van der Waals surface area contributed by atoms with Crippen LogP contribution < -0.4 is 4.74 Å². The summed E-state index contributed by atoms with van der Waals surface area (Å²) in [7, 11) is 0. The number of thioether (sulfide) groups is 1. The Morgan fingerprint density at radius 2 is 2.14 bits per heavy atom. The monoisotopic (exact) mass is 327 g/mol. The molecule has 1 saturated heterocycles. The number of aromatic hydroxyl groups is 1. The fourth-order valence-electron chi connectivity index (χ4n) is 2.07. The quantitative estimate of drug-likeness (QED) is 0.832. The summed E-state index contributed by atoms with van der Waals surface area (Å²) in [5, 5.41) is 9.66. The minimum absolute atomic E-state index is 0.0324. The van der Waals surface area contributed by atoms with Gasteiger partial charge in [-0.3, -0.25) is 9.59 Å². The largest absolute Gasteiger partial charge is 0.504 e. The topological polar surface area (TPSA) is 66.8 Å². The number of ketones is 1. The van der Waals surface area contributed by atoms with E-state index in [-0.39, 0.29) is 23.3 Å². The van der Waals surface area contributed by atoms with Crippen LogP contribution in [0.1, 0.15) is 13.8 Å². The summed E-state index contributed by atoms with van der Waals surface area (Å²) >= 11 is 2.52. The first-order valence-electron chi connectivity index (χ1n) is 6.47. The molecule has 114 valence electrons. The summed E-state index contributed by atoms with van der Waals surface area (Å²) in [5.74, 6) is 1.06. The third-order valence-corrected chi connectivity index (χ3v) is 5.69. The van der Waals surface area contributed by atoms with Crippen LogP contribution in [0.4, 0.5) is 0 Å². The van der Waals surface area contributed by atoms with Gasteiger partial charge in [0, 0.05) is 19.2 Å². The lowest BCUT2D eigenvalue weighted by Crippen LogP contribution is -2.49. The molecule has 1 heterocycles. The molecule has 5 nitrogen and oxygen atoms in total. The first-order chi connectivity index (χ1) is 9.95. The van der Waals surface area contributed by atoms with Gasteiger partial charge in [0.25, 0.3) is 0 Å². The summed E-state index contributed by atoms with van der Waals surface area (Å²) in [6, 6.07) is 6.62. The van der Waals surface area contributed by atoms with Gasteiger partial charge in [0.05, 0.1) is 0 Å². The van der Waals surface area contributed by atoms with Crippen LogP contribution in [0.2, 0.25) is 0 Å². The number of nitrogens with zero attached hydrogens (tertiary/aromatic N) is 1. The minimum atomic E-state index is -0.890. The highest BCUT2D eigenvalue weighted by molar-refractivity contribution is 8.12. The predicted octanol–water partition coefficient (Wildman–Crippen LogP) is 2.30. The molecule has 0 amide bonds. The van der Waals surface area contributed by atoms with Crippen molar-refractivity contribution in [2.24, 2.45) is 0 Å². The zero-order valence-electron chi connectivity index (χ0n) is 11.9. The number of carbonyl (C=O) groups is 2. The number of rotatable bonds is 5. The molecule has 1 unspecified atom stereocenters. The van der Waals surface area contributed by atoms with E-state index in [1.165, 1.54) is 31.7 Å². The Hall–Kier alpha value is -1.18. The van der Waals surface area contributed by atoms with E-state index in [9.17, 15) is 14.7 Å². The van der Waals surface area contributed by atoms with Crippen LogP contribution in [0.3, 0.4) is 0 Å². The van der Waals surface area contributed by atoms with Crippen molar-refractivity contribution in [3.8, 4) is 11.5 Å². The van der Waals surface area contributed by atoms with Crippen LogP contribution in [0, 0.1) is 0 Å². The fraction of sp³-hybridized carbons (Fsp3) is 0.429. The molecule has 1 aliphatic rings. The van der Waals surface area contributed by atoms with E-state index in [0.717, 1.165) is 17.7 Å². The van der Waals surface area contributed by atoms with Crippen molar-refractivity contribution in [2.45, 2.75) is 18.7 Å². The van der Waals surface area contributed by atoms with E-state index in [1.807, 2.05) is 0 Å². The molecule has 1 N–H and O–H groups in total. The summed E-state index contributed by atoms with van der Waals surface area (Å²) in [5.41, 5.74) is 0. The second-order valence-electron chi connectivity index (χ2n) is 4.63. The van der Waals surface area contributed by atoms with Gasteiger partial charge in [0.2, 0.25) is 5.12 Å². The molecule has 1 aromatic carbocycles. The van der Waals surface area contributed by atoms with Crippen molar-refractivity contribution < 1.29 is 19.4 Å². The molecule has 0 saturated carbocycles. The molecule has 1 aromatic rings. The standard InChI is InChI=1S/C14H17NO4S2/c1-10(16)14(15(7-8-20-14)21-11(2)17)9-19-13-6-4-3-5-12(13)18/h3-6,18H,7-9H2,1-2H3. The van der Waals surface area contributed by atoms with Crippen LogP contribution in [-0.2, 0) is 9.59 Å². The van der Waals surface area contributed by atoms with Gasteiger partial charge in [0.15, 0.2) is 22.2 Å². The first kappa shape index (κ1) is 16.2. The van der Waals surface area contributed by atoms with Gasteiger partial charge in [0.1, 0.15) is 6.61 Å². The number of phenols is 1. The molecule has 0 spiro atoms. The van der Waals surface area contributed by atoms with Gasteiger partial charge in [-0.25, -0.2) is 4.31 Å². The smallest absolute Gasteiger partial charge is 0.200 e. The Morgan fingerprint density at radius 3 is 2.76 bits per heavy atom. The summed E-state index contributed by atoms with van der Waals surface area (Å²) in [6.45, 7) is 3.70. The van der Waals surface area contributed by atoms with Crippen LogP contribution in [-0.4, -0.2) is 44.1 Å². The van der Waals surface area contributed by atoms with Crippen molar-refractivity contribution in [1.82, 2.24) is 4.31 Å². The Balaban J connectivity index is 2.17. The van der Waals surface area contributed by atoms with Crippen molar-refractivity contribution >= 4 is 34.6 Å². The summed E-state index contributed by atoms with van der Waals surface area (Å²) in [6.07, 6.45) is 0. The molecule has 0 aromatic heterocycles. The van der Waals surface area contributed by atoms with Gasteiger partial charge in [-0.2, -0.15) is 0 Å². The van der Waals surface area contributed by atoms with Gasteiger partial charge >= 0.3 is 0 Å². The van der Waals surface area contributed by atoms with E-state index >= 15 is 0 Å². The summed E-state index contributed by atoms with van der Waals surface area (Å²) < 4.78 is 7.42. The van der Waals surface area contributed by atoms with Gasteiger partial charge in [-0.05, 0) is 31.0 Å². The summed E-state index contributed by atoms with van der Waals surface area (Å²) in [4.78, 5) is 22.6. The number of carbonyl (C=O) groups excluding carboxylic acids is 2. The lowest BCUT2D eigenvalue weighted by atomic mass is 10.2. The second-order valence-corrected chi connectivity index (χ2v) is 7.20. The number of para-hydroxylation sites is 2. The van der Waals surface area contributed by atoms with Gasteiger partial charge in [-0.15, -0.1) is 11.8 Å². The zero-order valence-corrected chi connectivity index (χ0v) is 13.5. The van der Waals surface area contributed by atoms with Gasteiger partial charge < -0.3 is 9.84 Å². The van der Waals surface area contributed by atoms with Crippen molar-refractivity contribution in [2.75, 3.05) is 18.9 Å². The maximum atomic E-state index is 12.1. The third kappa shape index (κ3) is 3.53. The molecule has 0 aliphatic carbocycles. The van der Waals surface area contributed by atoms with Crippen LogP contribution in [0.5, 0.6) is 11.5 Å². The van der Waals surface area contributed by atoms with Crippen LogP contribution >= 0.6 is 23.7 Å². The Labute approximate surface area is 132 Å². The molecule has 1 fully saturated rings. The molecule has 21 heavy (non-hydrogen) atoms. The lowest BCUT2D eigenvalue weighted by molar-refractivity contribution is -0.122. The fourth-order valence-corrected chi connectivity index (χ4v) is 4.47. The van der Waals surface area contributed by atoms with E-state index in [0.29, 0.717) is 12.3 Å². The maximum absolute atomic E-state index is 12.1. The average Bonchev–Trinajstić information content (AvgIpc) is 2.81. The number of Topliss-reactive ketones (excluding diaryl/α,β-unsaturated/α-hetero) is 1. The molecule has 2 rings (SSSR count). The molecule has 7 heteroatoms. The molecule has 0 bridgehead atoms. The number of hydrogen-bond acceptors (Lipinski definition) is 7. The zero-order chi connectivity index (χ0) is 15.5. The Kier molecular flexibility index (Phi) is 5.18. The van der Waals surface area contributed by atoms with E-state index in [1.54, 1.807) is 22.5 Å². The molecule has 1 aliphatic heterocycles. The van der Waals surface area contributed by atoms with Crippen LogP contribution in [0.25, 0.3) is 0 Å². The second kappa shape index (κ2) is 6.72. The normalized spacial score (nSPS) is 22.2. The number of ether oxygens (including phenoxy) is 1. The minimum Gasteiger partial charge on any atom is -0.504 e. The van der Waals surface area contributed by atoms with Crippen molar-refractivity contribution in [1.29, 1.82) is 0 Å². The van der Waals surface area contributed by atoms with E-state index in [2.05, 4.69) is 0 Å². The first-order valence-corrected chi connectivity index (χ1v) is 8.23. The SMILES string of the molecule is CC(=O)SN1CCSC1(COc1ccccc1O)C(C)=O. The highest BCUT2D eigenvalue weighted by atomic mass is 32.2. The van der Waals surface area contributed by atoms with Crippen molar-refractivity contribution in [3.05, 3.63) is 24.3 Å². The van der Waals surface area contributed by atoms with Gasteiger partial charge in [-0.1, -0.05) is 12.1 Å². The Bertz CT molecular complexity index is 552. The third-order valence-electron chi connectivity index (χ3n) is 3.12. The average molecular weight is 327 g/mol. The number of benzene rings is 1. The van der Waals surface area contributed by atoms with E-state index in [4.69, 9.17) is 4.74 Å². The predicted molar refractivity (Wildman–Crippen MR) is 84.4 cm³/mol. The molecule has 1 atom stereocenters. The maximum Gasteiger partial charge on any atom is 0.200 e. The highest BCUT2D eigenvalue weighted by Crippen LogP contribution is 2.42.